The molecule has 4 rings (SSSR count). The van der Waals surface area contributed by atoms with Crippen LogP contribution in [0.25, 0.3) is 0 Å². The SMILES string of the molecule is CC[C@@H]1C2C[C@H](O)CCC2(C)[C@H]2CCC3(C)C([C@H](C)CCCO)CC[C@H]3[C@@H]2[C@@H]1OC(C)=O. The zero-order chi connectivity index (χ0) is 23.3. The van der Waals surface area contributed by atoms with E-state index >= 15 is 0 Å². The lowest BCUT2D eigenvalue weighted by Crippen LogP contribution is -2.63. The van der Waals surface area contributed by atoms with Crippen molar-refractivity contribution in [2.24, 2.45) is 52.3 Å². The molecule has 0 aromatic carbocycles. The molecule has 0 aromatic rings. The van der Waals surface area contributed by atoms with Crippen molar-refractivity contribution in [3.8, 4) is 0 Å². The summed E-state index contributed by atoms with van der Waals surface area (Å²) in [6.45, 7) is 11.6. The minimum atomic E-state index is -0.200. The molecule has 4 aliphatic rings. The van der Waals surface area contributed by atoms with Gasteiger partial charge in [-0.25, -0.2) is 0 Å². The van der Waals surface area contributed by atoms with E-state index in [0.29, 0.717) is 53.4 Å². The largest absolute Gasteiger partial charge is 0.462 e. The van der Waals surface area contributed by atoms with Gasteiger partial charge in [-0.1, -0.05) is 27.7 Å². The third-order valence-electron chi connectivity index (χ3n) is 11.2. The smallest absolute Gasteiger partial charge is 0.302 e. The number of ether oxygens (including phenoxy) is 1. The maximum absolute atomic E-state index is 12.3. The van der Waals surface area contributed by atoms with Crippen LogP contribution in [0.3, 0.4) is 0 Å². The van der Waals surface area contributed by atoms with Crippen LogP contribution in [-0.2, 0) is 9.53 Å². The van der Waals surface area contributed by atoms with E-state index in [4.69, 9.17) is 4.74 Å². The molecule has 4 fully saturated rings. The Morgan fingerprint density at radius 1 is 1.06 bits per heavy atom. The van der Waals surface area contributed by atoms with Crippen molar-refractivity contribution in [3.63, 3.8) is 0 Å². The molecule has 2 N–H and O–H groups in total. The van der Waals surface area contributed by atoms with Gasteiger partial charge in [-0.15, -0.1) is 0 Å². The molecule has 4 aliphatic carbocycles. The lowest BCUT2D eigenvalue weighted by Gasteiger charge is -2.65. The Kier molecular flexibility index (Phi) is 7.05. The van der Waals surface area contributed by atoms with Gasteiger partial charge in [0.2, 0.25) is 0 Å². The first-order valence-electron chi connectivity index (χ1n) is 13.6. The molecule has 0 heterocycles. The van der Waals surface area contributed by atoms with E-state index in [1.165, 1.54) is 25.7 Å². The molecule has 0 amide bonds. The Morgan fingerprint density at radius 3 is 2.41 bits per heavy atom. The molecule has 32 heavy (non-hydrogen) atoms. The Hall–Kier alpha value is -0.610. The van der Waals surface area contributed by atoms with Gasteiger partial charge in [0.15, 0.2) is 0 Å². The fraction of sp³-hybridized carbons (Fsp3) is 0.964. The third kappa shape index (κ3) is 3.85. The molecule has 184 valence electrons. The van der Waals surface area contributed by atoms with Crippen LogP contribution in [0, 0.1) is 52.3 Å². The first-order chi connectivity index (χ1) is 15.2. The van der Waals surface area contributed by atoms with Gasteiger partial charge in [-0.3, -0.25) is 4.79 Å². The highest BCUT2D eigenvalue weighted by atomic mass is 16.5. The highest BCUT2D eigenvalue weighted by Gasteiger charge is 2.65. The van der Waals surface area contributed by atoms with Crippen molar-refractivity contribution in [1.29, 1.82) is 0 Å². The summed E-state index contributed by atoms with van der Waals surface area (Å²) in [6, 6.07) is 0. The van der Waals surface area contributed by atoms with Crippen molar-refractivity contribution in [2.45, 2.75) is 111 Å². The zero-order valence-electron chi connectivity index (χ0n) is 21.2. The first kappa shape index (κ1) is 24.5. The van der Waals surface area contributed by atoms with E-state index in [1.54, 1.807) is 6.92 Å². The average Bonchev–Trinajstić information content (AvgIpc) is 3.10. The molecule has 4 heteroatoms. The van der Waals surface area contributed by atoms with Crippen molar-refractivity contribution in [3.05, 3.63) is 0 Å². The Balaban J connectivity index is 1.70. The molecule has 0 saturated heterocycles. The van der Waals surface area contributed by atoms with Crippen LogP contribution in [0.2, 0.25) is 0 Å². The highest BCUT2D eigenvalue weighted by Crippen LogP contribution is 2.70. The normalized spacial score (nSPS) is 49.0. The standard InChI is InChI=1S/C28H48O4/c1-6-20-24-16-19(31)11-13-28(24,5)23-12-14-27(4)21(17(2)8-7-15-29)9-10-22(27)25(23)26(20)32-18(3)30/h17,19-26,29,31H,6-16H2,1-5H3/t17-,19-,20-,21?,22+,23+,24?,25+,26-,27?,28?/m1/s1. The van der Waals surface area contributed by atoms with Crippen LogP contribution in [0.15, 0.2) is 0 Å². The minimum absolute atomic E-state index is 0.00185. The van der Waals surface area contributed by atoms with Gasteiger partial charge in [-0.2, -0.15) is 0 Å². The van der Waals surface area contributed by atoms with Crippen LogP contribution in [0.5, 0.6) is 0 Å². The van der Waals surface area contributed by atoms with Crippen LogP contribution in [-0.4, -0.2) is 35.0 Å². The van der Waals surface area contributed by atoms with E-state index < -0.39 is 0 Å². The first-order valence-corrected chi connectivity index (χ1v) is 13.6. The van der Waals surface area contributed by atoms with Crippen molar-refractivity contribution < 1.29 is 19.7 Å². The average molecular weight is 449 g/mol. The number of fused-ring (bicyclic) bond motifs is 5. The van der Waals surface area contributed by atoms with Gasteiger partial charge in [0, 0.05) is 19.4 Å². The molecule has 4 saturated carbocycles. The third-order valence-corrected chi connectivity index (χ3v) is 11.2. The van der Waals surface area contributed by atoms with E-state index in [-0.39, 0.29) is 23.6 Å². The summed E-state index contributed by atoms with van der Waals surface area (Å²) in [5.74, 6) is 3.68. The molecule has 4 nitrogen and oxygen atoms in total. The zero-order valence-corrected chi connectivity index (χ0v) is 21.2. The molecular weight excluding hydrogens is 400 g/mol. The molecular formula is C28H48O4. The Labute approximate surface area is 195 Å². The number of carbonyl (C=O) groups excluding carboxylic acids is 1. The number of esters is 1. The van der Waals surface area contributed by atoms with E-state index in [2.05, 4.69) is 27.7 Å². The lowest BCUT2D eigenvalue weighted by atomic mass is 9.41. The van der Waals surface area contributed by atoms with Gasteiger partial charge in [-0.05, 0) is 111 Å². The van der Waals surface area contributed by atoms with Gasteiger partial charge in [0.05, 0.1) is 6.10 Å². The second-order valence-corrected chi connectivity index (χ2v) is 12.5. The number of hydrogen-bond acceptors (Lipinski definition) is 4. The van der Waals surface area contributed by atoms with Crippen LogP contribution in [0.4, 0.5) is 0 Å². The number of aliphatic hydroxyl groups is 2. The maximum Gasteiger partial charge on any atom is 0.302 e. The Bertz CT molecular complexity index is 678. The molecule has 0 bridgehead atoms. The van der Waals surface area contributed by atoms with Gasteiger partial charge >= 0.3 is 5.97 Å². The highest BCUT2D eigenvalue weighted by molar-refractivity contribution is 5.66. The molecule has 0 aliphatic heterocycles. The summed E-state index contributed by atoms with van der Waals surface area (Å²) in [6.07, 6.45) is 10.8. The lowest BCUT2D eigenvalue weighted by molar-refractivity contribution is -0.217. The summed E-state index contributed by atoms with van der Waals surface area (Å²) in [5.41, 5.74) is 0.563. The van der Waals surface area contributed by atoms with E-state index in [9.17, 15) is 15.0 Å². The molecule has 0 radical (unpaired) electrons. The van der Waals surface area contributed by atoms with E-state index in [1.807, 2.05) is 0 Å². The monoisotopic (exact) mass is 448 g/mol. The van der Waals surface area contributed by atoms with Gasteiger partial charge < -0.3 is 14.9 Å². The number of hydrogen-bond donors (Lipinski definition) is 2. The minimum Gasteiger partial charge on any atom is -0.462 e. The van der Waals surface area contributed by atoms with Crippen molar-refractivity contribution in [1.82, 2.24) is 0 Å². The summed E-state index contributed by atoms with van der Waals surface area (Å²) < 4.78 is 6.25. The number of rotatable bonds is 6. The summed E-state index contributed by atoms with van der Waals surface area (Å²) in [5, 5.41) is 19.9. The second kappa shape index (κ2) is 9.21. The van der Waals surface area contributed by atoms with Crippen LogP contribution >= 0.6 is 0 Å². The summed E-state index contributed by atoms with van der Waals surface area (Å²) in [4.78, 5) is 12.3. The topological polar surface area (TPSA) is 66.8 Å². The molecule has 0 aromatic heterocycles. The Morgan fingerprint density at radius 2 is 1.75 bits per heavy atom. The van der Waals surface area contributed by atoms with Crippen molar-refractivity contribution >= 4 is 5.97 Å². The molecule has 11 atom stereocenters. The van der Waals surface area contributed by atoms with E-state index in [0.717, 1.165) is 38.5 Å². The predicted octanol–water partition coefficient (Wildman–Crippen LogP) is 5.59. The quantitative estimate of drug-likeness (QED) is 0.520. The molecule has 4 unspecified atom stereocenters. The number of aliphatic hydroxyl groups excluding tert-OH is 2. The van der Waals surface area contributed by atoms with Crippen molar-refractivity contribution in [2.75, 3.05) is 6.61 Å². The fourth-order valence-corrected chi connectivity index (χ4v) is 9.87. The maximum atomic E-state index is 12.3. The summed E-state index contributed by atoms with van der Waals surface area (Å²) in [7, 11) is 0. The van der Waals surface area contributed by atoms with Gasteiger partial charge in [0.25, 0.3) is 0 Å². The predicted molar refractivity (Wildman–Crippen MR) is 127 cm³/mol. The van der Waals surface area contributed by atoms with Crippen LogP contribution in [0.1, 0.15) is 98.8 Å². The van der Waals surface area contributed by atoms with Crippen LogP contribution < -0.4 is 0 Å². The summed E-state index contributed by atoms with van der Waals surface area (Å²) >= 11 is 0. The van der Waals surface area contributed by atoms with Gasteiger partial charge in [0.1, 0.15) is 6.10 Å². The molecule has 0 spiro atoms. The fourth-order valence-electron chi connectivity index (χ4n) is 9.87. The number of carbonyl (C=O) groups is 1. The second-order valence-electron chi connectivity index (χ2n) is 12.5.